The second-order valence-electron chi connectivity index (χ2n) is 7.07. The third kappa shape index (κ3) is 4.23. The molecule has 0 atom stereocenters. The number of carboxylic acid groups (broad SMARTS) is 1. The van der Waals surface area contributed by atoms with Crippen molar-refractivity contribution in [3.05, 3.63) is 81.7 Å². The normalized spacial score (nSPS) is 10.9. The highest BCUT2D eigenvalue weighted by atomic mass is 32.1. The molecule has 0 bridgehead atoms. The first-order chi connectivity index (χ1) is 15.5. The molecule has 162 valence electrons. The molecule has 4 rings (SSSR count). The largest absolute Gasteiger partial charge is 0.505 e. The summed E-state index contributed by atoms with van der Waals surface area (Å²) in [4.78, 5) is 41.3. The second-order valence-corrected chi connectivity index (χ2v) is 8.01. The van der Waals surface area contributed by atoms with Gasteiger partial charge in [-0.1, -0.05) is 36.4 Å². The third-order valence-corrected chi connectivity index (χ3v) is 5.84. The van der Waals surface area contributed by atoms with Crippen LogP contribution >= 0.6 is 11.3 Å². The monoisotopic (exact) mass is 449 g/mol. The van der Waals surface area contributed by atoms with Crippen LogP contribution in [0.25, 0.3) is 21.3 Å². The predicted molar refractivity (Wildman–Crippen MR) is 121 cm³/mol. The Morgan fingerprint density at radius 1 is 1.12 bits per heavy atom. The van der Waals surface area contributed by atoms with Gasteiger partial charge in [0.05, 0.1) is 30.2 Å². The molecule has 0 radical (unpaired) electrons. The molecule has 1 amide bonds. The average molecular weight is 449 g/mol. The molecule has 0 aliphatic carbocycles. The maximum Gasteiger partial charge on any atom is 0.305 e. The molecule has 0 aliphatic heterocycles. The molecule has 0 spiro atoms. The molecule has 0 aliphatic rings. The summed E-state index contributed by atoms with van der Waals surface area (Å²) in [5.41, 5.74) is 1.23. The van der Waals surface area contributed by atoms with Crippen molar-refractivity contribution in [3.63, 3.8) is 0 Å². The number of aliphatic carboxylic acids is 1. The zero-order valence-corrected chi connectivity index (χ0v) is 17.6. The number of carbonyl (C=O) groups excluding carboxylic acids is 1. The van der Waals surface area contributed by atoms with Gasteiger partial charge in [-0.3, -0.25) is 14.4 Å². The summed E-state index contributed by atoms with van der Waals surface area (Å²) in [7, 11) is 0. The first-order valence-corrected chi connectivity index (χ1v) is 10.7. The van der Waals surface area contributed by atoms with E-state index >= 15 is 0 Å². The Morgan fingerprint density at radius 2 is 1.91 bits per heavy atom. The number of aromatic nitrogens is 2. The first kappa shape index (κ1) is 21.3. The molecule has 0 saturated heterocycles. The smallest absolute Gasteiger partial charge is 0.305 e. The average Bonchev–Trinajstić information content (AvgIpc) is 3.31. The van der Waals surface area contributed by atoms with E-state index in [-0.39, 0.29) is 36.5 Å². The number of nitrogens with one attached hydrogen (secondary N) is 1. The standard InChI is InChI=1S/C23H19N3O5S/c27-19(28)8-9-24-22(30)20-21(29)15-11-16(18-7-4-10-32-18)23(31)26(17(15)12-25-20)13-14-5-2-1-3-6-14/h1-7,10-12,29H,8-9,13H2,(H,24,30)(H,27,28). The van der Waals surface area contributed by atoms with Crippen molar-refractivity contribution in [1.82, 2.24) is 14.9 Å². The van der Waals surface area contributed by atoms with Gasteiger partial charge in [-0.15, -0.1) is 11.3 Å². The summed E-state index contributed by atoms with van der Waals surface area (Å²) < 4.78 is 1.53. The van der Waals surface area contributed by atoms with Crippen LogP contribution in [0.5, 0.6) is 5.75 Å². The van der Waals surface area contributed by atoms with Gasteiger partial charge in [0.1, 0.15) is 0 Å². The van der Waals surface area contributed by atoms with Crippen LogP contribution < -0.4 is 10.9 Å². The number of nitrogens with zero attached hydrogens (tertiary/aromatic N) is 2. The molecule has 4 aromatic rings. The van der Waals surface area contributed by atoms with Gasteiger partial charge in [-0.05, 0) is 23.1 Å². The van der Waals surface area contributed by atoms with E-state index in [1.54, 1.807) is 6.07 Å². The number of benzene rings is 1. The van der Waals surface area contributed by atoms with E-state index in [2.05, 4.69) is 10.3 Å². The Morgan fingerprint density at radius 3 is 2.59 bits per heavy atom. The number of rotatable bonds is 7. The number of carbonyl (C=O) groups is 2. The fourth-order valence-corrected chi connectivity index (χ4v) is 4.12. The molecular weight excluding hydrogens is 430 g/mol. The van der Waals surface area contributed by atoms with Crippen molar-refractivity contribution in [2.45, 2.75) is 13.0 Å². The summed E-state index contributed by atoms with van der Waals surface area (Å²) in [6.45, 7) is 0.169. The van der Waals surface area contributed by atoms with Gasteiger partial charge in [-0.25, -0.2) is 4.98 Å². The number of carboxylic acids is 1. The van der Waals surface area contributed by atoms with Crippen molar-refractivity contribution < 1.29 is 19.8 Å². The van der Waals surface area contributed by atoms with Crippen molar-refractivity contribution in [3.8, 4) is 16.2 Å². The quantitative estimate of drug-likeness (QED) is 0.399. The molecule has 32 heavy (non-hydrogen) atoms. The Hall–Kier alpha value is -3.98. The van der Waals surface area contributed by atoms with Crippen LogP contribution in [0.1, 0.15) is 22.5 Å². The van der Waals surface area contributed by atoms with Gasteiger partial charge in [0.25, 0.3) is 11.5 Å². The van der Waals surface area contributed by atoms with Gasteiger partial charge >= 0.3 is 5.97 Å². The highest BCUT2D eigenvalue weighted by Gasteiger charge is 2.20. The van der Waals surface area contributed by atoms with Crippen LogP contribution in [0.4, 0.5) is 0 Å². The molecule has 0 unspecified atom stereocenters. The van der Waals surface area contributed by atoms with Crippen molar-refractivity contribution in [2.75, 3.05) is 6.54 Å². The zero-order valence-electron chi connectivity index (χ0n) is 16.8. The lowest BCUT2D eigenvalue weighted by molar-refractivity contribution is -0.136. The van der Waals surface area contributed by atoms with E-state index in [0.29, 0.717) is 16.5 Å². The summed E-state index contributed by atoms with van der Waals surface area (Å²) in [6, 6.07) is 14.6. The number of hydrogen-bond acceptors (Lipinski definition) is 6. The van der Waals surface area contributed by atoms with Crippen LogP contribution in [-0.2, 0) is 11.3 Å². The number of amides is 1. The van der Waals surface area contributed by atoms with E-state index in [0.717, 1.165) is 10.4 Å². The molecule has 9 heteroatoms. The van der Waals surface area contributed by atoms with Gasteiger partial charge in [0.15, 0.2) is 11.4 Å². The minimum atomic E-state index is -1.05. The third-order valence-electron chi connectivity index (χ3n) is 4.94. The Balaban J connectivity index is 1.85. The van der Waals surface area contributed by atoms with E-state index in [1.165, 1.54) is 22.1 Å². The topological polar surface area (TPSA) is 122 Å². The van der Waals surface area contributed by atoms with Gasteiger partial charge < -0.3 is 20.1 Å². The molecule has 3 heterocycles. The molecular formula is C23H19N3O5S. The minimum absolute atomic E-state index is 0.0960. The summed E-state index contributed by atoms with van der Waals surface area (Å²) >= 11 is 1.40. The van der Waals surface area contributed by atoms with E-state index in [4.69, 9.17) is 5.11 Å². The van der Waals surface area contributed by atoms with Gasteiger partial charge in [0, 0.05) is 16.8 Å². The molecule has 3 aromatic heterocycles. The predicted octanol–water partition coefficient (Wildman–Crippen LogP) is 3.08. The summed E-state index contributed by atoms with van der Waals surface area (Å²) in [6.07, 6.45) is 1.13. The SMILES string of the molecule is O=C(O)CCNC(=O)c1ncc2c(cc(-c3cccs3)c(=O)n2Cc2ccccc2)c1O. The van der Waals surface area contributed by atoms with Crippen LogP contribution in [0.15, 0.2) is 64.9 Å². The van der Waals surface area contributed by atoms with Crippen LogP contribution in [0.2, 0.25) is 0 Å². The summed E-state index contributed by atoms with van der Waals surface area (Å²) in [5, 5.41) is 24.2. The van der Waals surface area contributed by atoms with Gasteiger partial charge in [0.2, 0.25) is 0 Å². The van der Waals surface area contributed by atoms with E-state index < -0.39 is 11.9 Å². The molecule has 0 saturated carbocycles. The molecule has 3 N–H and O–H groups in total. The number of hydrogen-bond donors (Lipinski definition) is 3. The fourth-order valence-electron chi connectivity index (χ4n) is 3.39. The van der Waals surface area contributed by atoms with Gasteiger partial charge in [-0.2, -0.15) is 0 Å². The Kier molecular flexibility index (Phi) is 6.00. The van der Waals surface area contributed by atoms with E-state index in [9.17, 15) is 19.5 Å². The molecule has 0 fully saturated rings. The first-order valence-electron chi connectivity index (χ1n) is 9.79. The second kappa shape index (κ2) is 9.03. The maximum absolute atomic E-state index is 13.3. The maximum atomic E-state index is 13.3. The number of pyridine rings is 2. The Labute approximate surface area is 186 Å². The number of aromatic hydroxyl groups is 1. The van der Waals surface area contributed by atoms with Crippen LogP contribution in [0.3, 0.4) is 0 Å². The highest BCUT2D eigenvalue weighted by Crippen LogP contribution is 2.31. The zero-order chi connectivity index (χ0) is 22.7. The lowest BCUT2D eigenvalue weighted by Crippen LogP contribution is -2.27. The minimum Gasteiger partial charge on any atom is -0.505 e. The number of thiophene rings is 1. The van der Waals surface area contributed by atoms with Crippen molar-refractivity contribution in [2.24, 2.45) is 0 Å². The van der Waals surface area contributed by atoms with Crippen LogP contribution in [-0.4, -0.2) is 38.2 Å². The lowest BCUT2D eigenvalue weighted by Gasteiger charge is -2.15. The van der Waals surface area contributed by atoms with Crippen LogP contribution in [0, 0.1) is 0 Å². The van der Waals surface area contributed by atoms with E-state index in [1.807, 2.05) is 47.8 Å². The molecule has 1 aromatic carbocycles. The summed E-state index contributed by atoms with van der Waals surface area (Å²) in [5.74, 6) is -2.11. The highest BCUT2D eigenvalue weighted by molar-refractivity contribution is 7.13. The lowest BCUT2D eigenvalue weighted by atomic mass is 10.1. The Bertz CT molecular complexity index is 1350. The van der Waals surface area contributed by atoms with Crippen molar-refractivity contribution in [1.29, 1.82) is 0 Å². The fraction of sp³-hybridized carbons (Fsp3) is 0.130. The van der Waals surface area contributed by atoms with Crippen molar-refractivity contribution >= 4 is 34.1 Å². The number of fused-ring (bicyclic) bond motifs is 1. The molecule has 8 nitrogen and oxygen atoms in total.